The van der Waals surface area contributed by atoms with Gasteiger partial charge in [-0.1, -0.05) is 119 Å². The van der Waals surface area contributed by atoms with Gasteiger partial charge in [-0.2, -0.15) is 0 Å². The third-order valence-electron chi connectivity index (χ3n) is 16.2. The highest BCUT2D eigenvalue weighted by molar-refractivity contribution is 5.97. The first-order chi connectivity index (χ1) is 25.7. The number of rotatable bonds is 4. The summed E-state index contributed by atoms with van der Waals surface area (Å²) in [7, 11) is 0. The van der Waals surface area contributed by atoms with E-state index in [-0.39, 0.29) is 16.2 Å². The fraction of sp³-hybridized carbons (Fsp3) is 0.346. The molecule has 0 heterocycles. The summed E-state index contributed by atoms with van der Waals surface area (Å²) >= 11 is 0. The summed E-state index contributed by atoms with van der Waals surface area (Å²) in [6.07, 6.45) is 8.34. The second kappa shape index (κ2) is 10.1. The van der Waals surface area contributed by atoms with Gasteiger partial charge in [0.15, 0.2) is 0 Å². The molecule has 4 fully saturated rings. The van der Waals surface area contributed by atoms with Crippen molar-refractivity contribution in [3.8, 4) is 22.3 Å². The Labute approximate surface area is 315 Å². The van der Waals surface area contributed by atoms with Gasteiger partial charge in [-0.15, -0.1) is 0 Å². The highest BCUT2D eigenvalue weighted by Crippen LogP contribution is 2.89. The van der Waals surface area contributed by atoms with E-state index >= 15 is 0 Å². The molecule has 0 aliphatic heterocycles. The molecular weight excluding hydrogens is 639 g/mol. The van der Waals surface area contributed by atoms with Gasteiger partial charge in [-0.25, -0.2) is 0 Å². The summed E-state index contributed by atoms with van der Waals surface area (Å²) in [5, 5.41) is 2.59. The molecule has 4 saturated carbocycles. The maximum Gasteiger partial charge on any atom is 0.0468 e. The van der Waals surface area contributed by atoms with E-state index in [0.29, 0.717) is 5.41 Å². The molecular formula is C52H49N. The van der Waals surface area contributed by atoms with Crippen LogP contribution in [0.2, 0.25) is 0 Å². The van der Waals surface area contributed by atoms with E-state index in [0.717, 1.165) is 23.7 Å². The van der Waals surface area contributed by atoms with Crippen molar-refractivity contribution in [1.82, 2.24) is 0 Å². The minimum Gasteiger partial charge on any atom is -0.310 e. The third-order valence-corrected chi connectivity index (χ3v) is 16.2. The zero-order valence-electron chi connectivity index (χ0n) is 31.6. The van der Waals surface area contributed by atoms with Gasteiger partial charge >= 0.3 is 0 Å². The van der Waals surface area contributed by atoms with Gasteiger partial charge in [0.25, 0.3) is 0 Å². The molecule has 1 heteroatoms. The molecule has 0 radical (unpaired) electrons. The SMILES string of the molecule is CC1(C)CCC(C)(C)c2cc(N(c3ccc(-c4cccc5ccccc45)cc3)c3ccc4c(c3)-c3ccccc3C43C4CC5CC6CC3C64C5)ccc21. The third kappa shape index (κ3) is 3.75. The lowest BCUT2D eigenvalue weighted by Gasteiger charge is -2.76. The van der Waals surface area contributed by atoms with Gasteiger partial charge in [0.2, 0.25) is 0 Å². The van der Waals surface area contributed by atoms with Gasteiger partial charge < -0.3 is 4.90 Å². The van der Waals surface area contributed by atoms with E-state index in [1.54, 1.807) is 11.1 Å². The summed E-state index contributed by atoms with van der Waals surface area (Å²) in [5.41, 5.74) is 16.7. The molecule has 2 spiro atoms. The topological polar surface area (TPSA) is 3.24 Å². The summed E-state index contributed by atoms with van der Waals surface area (Å²) in [5.74, 6) is 3.63. The van der Waals surface area contributed by atoms with Gasteiger partial charge in [0, 0.05) is 22.5 Å². The van der Waals surface area contributed by atoms with Crippen molar-refractivity contribution in [1.29, 1.82) is 0 Å². The average molecular weight is 688 g/mol. The first kappa shape index (κ1) is 30.8. The Kier molecular flexibility index (Phi) is 5.88. The molecule has 6 unspecified atom stereocenters. The zero-order chi connectivity index (χ0) is 35.5. The molecule has 0 amide bonds. The molecule has 12 rings (SSSR count). The molecule has 0 aromatic heterocycles. The van der Waals surface area contributed by atoms with Crippen molar-refractivity contribution in [2.24, 2.45) is 29.1 Å². The number of anilines is 3. The quantitative estimate of drug-likeness (QED) is 0.178. The number of nitrogens with zero attached hydrogens (tertiary/aromatic N) is 1. The molecule has 262 valence electrons. The maximum atomic E-state index is 2.58. The van der Waals surface area contributed by atoms with Crippen LogP contribution in [-0.2, 0) is 16.2 Å². The molecule has 1 nitrogen and oxygen atoms in total. The van der Waals surface area contributed by atoms with Crippen molar-refractivity contribution >= 4 is 27.8 Å². The van der Waals surface area contributed by atoms with Crippen molar-refractivity contribution in [3.63, 3.8) is 0 Å². The van der Waals surface area contributed by atoms with Gasteiger partial charge in [-0.05, 0) is 170 Å². The number of benzene rings is 6. The molecule has 53 heavy (non-hydrogen) atoms. The fourth-order valence-corrected chi connectivity index (χ4v) is 13.9. The van der Waals surface area contributed by atoms with Gasteiger partial charge in [-0.3, -0.25) is 0 Å². The Morgan fingerprint density at radius 3 is 1.98 bits per heavy atom. The van der Waals surface area contributed by atoms with Crippen molar-refractivity contribution in [3.05, 3.63) is 150 Å². The predicted octanol–water partition coefficient (Wildman–Crippen LogP) is 13.7. The van der Waals surface area contributed by atoms with Crippen LogP contribution < -0.4 is 4.90 Å². The molecule has 6 aliphatic carbocycles. The van der Waals surface area contributed by atoms with Crippen LogP contribution in [0.3, 0.4) is 0 Å². The van der Waals surface area contributed by atoms with E-state index < -0.39 is 0 Å². The Balaban J connectivity index is 1.03. The van der Waals surface area contributed by atoms with E-state index in [1.165, 1.54) is 99.7 Å². The lowest BCUT2D eigenvalue weighted by molar-refractivity contribution is -0.231. The van der Waals surface area contributed by atoms with Crippen LogP contribution in [-0.4, -0.2) is 0 Å². The van der Waals surface area contributed by atoms with Crippen molar-refractivity contribution in [2.75, 3.05) is 4.90 Å². The van der Waals surface area contributed by atoms with Crippen LogP contribution in [0.4, 0.5) is 17.1 Å². The van der Waals surface area contributed by atoms with E-state index in [2.05, 4.69) is 160 Å². The van der Waals surface area contributed by atoms with E-state index in [1.807, 2.05) is 0 Å². The molecule has 6 aromatic carbocycles. The second-order valence-electron chi connectivity index (χ2n) is 19.2. The fourth-order valence-electron chi connectivity index (χ4n) is 13.9. The number of fused-ring (bicyclic) bond motifs is 10. The van der Waals surface area contributed by atoms with Crippen LogP contribution in [0.5, 0.6) is 0 Å². The Morgan fingerprint density at radius 1 is 0.509 bits per heavy atom. The predicted molar refractivity (Wildman–Crippen MR) is 220 cm³/mol. The monoisotopic (exact) mass is 687 g/mol. The highest BCUT2D eigenvalue weighted by Gasteiger charge is 2.84. The van der Waals surface area contributed by atoms with Crippen molar-refractivity contribution in [2.45, 2.75) is 82.5 Å². The first-order valence-electron chi connectivity index (χ1n) is 20.5. The molecule has 6 aromatic rings. The van der Waals surface area contributed by atoms with Crippen LogP contribution in [0.25, 0.3) is 33.0 Å². The summed E-state index contributed by atoms with van der Waals surface area (Å²) < 4.78 is 0. The normalized spacial score (nSPS) is 29.9. The smallest absolute Gasteiger partial charge is 0.0468 e. The lowest BCUT2D eigenvalue weighted by atomic mass is 9.27. The second-order valence-corrected chi connectivity index (χ2v) is 19.2. The molecule has 0 N–H and O–H groups in total. The highest BCUT2D eigenvalue weighted by atomic mass is 15.1. The van der Waals surface area contributed by atoms with Crippen LogP contribution in [0, 0.1) is 29.1 Å². The zero-order valence-corrected chi connectivity index (χ0v) is 31.6. The van der Waals surface area contributed by atoms with Crippen molar-refractivity contribution < 1.29 is 0 Å². The summed E-state index contributed by atoms with van der Waals surface area (Å²) in [4.78, 5) is 2.55. The van der Waals surface area contributed by atoms with E-state index in [4.69, 9.17) is 0 Å². The minimum atomic E-state index is 0.134. The minimum absolute atomic E-state index is 0.134. The molecule has 2 bridgehead atoms. The Morgan fingerprint density at radius 2 is 1.15 bits per heavy atom. The number of hydrogen-bond donors (Lipinski definition) is 0. The lowest BCUT2D eigenvalue weighted by Crippen LogP contribution is -2.73. The van der Waals surface area contributed by atoms with Crippen LogP contribution in [0.1, 0.15) is 88.5 Å². The molecule has 6 atom stereocenters. The first-order valence-corrected chi connectivity index (χ1v) is 20.5. The maximum absolute atomic E-state index is 2.58. The van der Waals surface area contributed by atoms with Crippen LogP contribution in [0.15, 0.2) is 127 Å². The summed E-state index contributed by atoms with van der Waals surface area (Å²) in [6, 6.07) is 49.4. The van der Waals surface area contributed by atoms with Crippen LogP contribution >= 0.6 is 0 Å². The molecule has 6 aliphatic rings. The summed E-state index contributed by atoms with van der Waals surface area (Å²) in [6.45, 7) is 9.77. The largest absolute Gasteiger partial charge is 0.310 e. The molecule has 0 saturated heterocycles. The standard InChI is InChI=1S/C52H49N/c1-49(2)24-25-50(3,4)46-30-38(21-23-45(46)49)53(36-18-16-34(17-19-36)40-14-9-11-33-10-5-6-12-39(33)40)37-20-22-44-42(29-37)41-13-7-8-15-43(41)52(44)47-27-32-26-35-28-48(52)51(35,47)31-32/h5-23,29-30,32,35,47-48H,24-28,31H2,1-4H3. The Bertz CT molecular complexity index is 2510. The average Bonchev–Trinajstić information content (AvgIpc) is 3.81. The van der Waals surface area contributed by atoms with Gasteiger partial charge in [0.05, 0.1) is 0 Å². The number of hydrogen-bond acceptors (Lipinski definition) is 1. The Hall–Kier alpha value is -4.62. The van der Waals surface area contributed by atoms with Gasteiger partial charge in [0.1, 0.15) is 0 Å². The van der Waals surface area contributed by atoms with E-state index in [9.17, 15) is 0 Å².